The Morgan fingerprint density at radius 3 is 2.63 bits per heavy atom. The van der Waals surface area contributed by atoms with Gasteiger partial charge in [-0.25, -0.2) is 9.78 Å². The van der Waals surface area contributed by atoms with Crippen molar-refractivity contribution in [2.24, 2.45) is 10.3 Å². The van der Waals surface area contributed by atoms with E-state index in [0.29, 0.717) is 36.3 Å². The molecule has 11 nitrogen and oxygen atoms in total. The minimum Gasteiger partial charge on any atom is -0.506 e. The molecule has 2 N–H and O–H groups in total. The number of aromatic hydroxyl groups is 1. The molecule has 1 saturated heterocycles. The fourth-order valence-electron chi connectivity index (χ4n) is 5.77. The molecule has 2 aliphatic heterocycles. The molecule has 2 aliphatic rings. The van der Waals surface area contributed by atoms with Crippen molar-refractivity contribution in [2.75, 3.05) is 23.9 Å². The summed E-state index contributed by atoms with van der Waals surface area (Å²) in [5.74, 6) is 0.365. The number of benzene rings is 2. The first-order valence-electron chi connectivity index (χ1n) is 15.2. The predicted octanol–water partition coefficient (Wildman–Crippen LogP) is 5.85. The molecule has 4 heterocycles. The number of rotatable bonds is 7. The van der Waals surface area contributed by atoms with E-state index in [-0.39, 0.29) is 39.0 Å². The second-order valence-corrected chi connectivity index (χ2v) is 17.0. The van der Waals surface area contributed by atoms with E-state index in [0.717, 1.165) is 24.9 Å². The van der Waals surface area contributed by atoms with E-state index in [1.807, 2.05) is 50.4 Å². The van der Waals surface area contributed by atoms with Crippen LogP contribution >= 0.6 is 10.2 Å². The van der Waals surface area contributed by atoms with E-state index in [9.17, 15) is 23.1 Å². The Morgan fingerprint density at radius 2 is 1.87 bits per heavy atom. The minimum absolute atomic E-state index is 0.0856. The lowest BCUT2D eigenvalue weighted by atomic mass is 10.1. The Bertz CT molecular complexity index is 2010. The fraction of sp³-hybridized carbons (Fsp3) is 0.333. The van der Waals surface area contributed by atoms with Crippen LogP contribution in [0.1, 0.15) is 44.2 Å². The largest absolute Gasteiger partial charge is 0.506 e. The van der Waals surface area contributed by atoms with Crippen molar-refractivity contribution in [1.29, 1.82) is 0 Å². The van der Waals surface area contributed by atoms with Gasteiger partial charge in [0.25, 0.3) is 15.6 Å². The van der Waals surface area contributed by atoms with Crippen LogP contribution in [0, 0.1) is 5.92 Å². The number of nitrogens with zero attached hydrogens (tertiary/aromatic N) is 4. The number of aryl methyl sites for hydroxylation is 1. The second kappa shape index (κ2) is 12.5. The maximum Gasteiger partial charge on any atom is 0.367 e. The van der Waals surface area contributed by atoms with Gasteiger partial charge in [0.2, 0.25) is 0 Å². The van der Waals surface area contributed by atoms with Crippen LogP contribution in [0.4, 0.5) is 10.5 Å². The van der Waals surface area contributed by atoms with E-state index in [1.54, 1.807) is 12.1 Å². The Labute approximate surface area is 269 Å². The number of hydrogen-bond acceptors (Lipinski definition) is 9. The number of hydrogen-bond donors (Lipinski definition) is 2. The molecule has 6 rings (SSSR count). The summed E-state index contributed by atoms with van der Waals surface area (Å²) in [6.45, 7) is 5.78. The van der Waals surface area contributed by atoms with Crippen molar-refractivity contribution >= 4 is 48.1 Å². The summed E-state index contributed by atoms with van der Waals surface area (Å²) in [6, 6.07) is 17.5. The standard InChI is InChI=1S/C33H37N5O6S2/c1-22(2)15-18-38-31-25(12-9-16-34-31)29(39)28(32(38)40)30-35-26-14-13-24(20-27(26)46(42,43)36-30)44-33(41)45(3)19-8-7-17-37(45)21-23-10-5-4-6-11-23/h4-6,9-14,16,20,22,39H,7-8,15,17-19,21H2,1-3H3,(H,35,36). The summed E-state index contributed by atoms with van der Waals surface area (Å²) in [5.41, 5.74) is 0.683. The van der Waals surface area contributed by atoms with Crippen LogP contribution in [0.3, 0.4) is 0 Å². The van der Waals surface area contributed by atoms with Gasteiger partial charge in [0.05, 0.1) is 11.1 Å². The number of aromatic nitrogens is 2. The summed E-state index contributed by atoms with van der Waals surface area (Å²) >= 11 is 0. The molecule has 0 spiro atoms. The van der Waals surface area contributed by atoms with E-state index >= 15 is 0 Å². The van der Waals surface area contributed by atoms with Gasteiger partial charge in [-0.1, -0.05) is 54.4 Å². The Hall–Kier alpha value is -4.20. The van der Waals surface area contributed by atoms with Crippen molar-refractivity contribution in [2.45, 2.75) is 51.1 Å². The molecular formula is C33H37N5O6S2. The number of nitrogens with one attached hydrogen (secondary N) is 1. The monoisotopic (exact) mass is 663 g/mol. The maximum atomic E-state index is 13.7. The summed E-state index contributed by atoms with van der Waals surface area (Å²) in [6.07, 6.45) is 6.04. The van der Waals surface area contributed by atoms with Crippen molar-refractivity contribution in [1.82, 2.24) is 13.9 Å². The summed E-state index contributed by atoms with van der Waals surface area (Å²) < 4.78 is 40.5. The van der Waals surface area contributed by atoms with Crippen LogP contribution in [0.5, 0.6) is 11.5 Å². The molecule has 13 heteroatoms. The first-order chi connectivity index (χ1) is 22.0. The minimum atomic E-state index is -4.36. The van der Waals surface area contributed by atoms with E-state index < -0.39 is 31.5 Å². The summed E-state index contributed by atoms with van der Waals surface area (Å²) in [5, 5.41) is 14.0. The predicted molar refractivity (Wildman–Crippen MR) is 181 cm³/mol. The number of anilines is 1. The van der Waals surface area contributed by atoms with Crippen molar-refractivity contribution in [3.8, 4) is 11.5 Å². The zero-order valence-corrected chi connectivity index (χ0v) is 27.6. The van der Waals surface area contributed by atoms with Crippen LogP contribution in [0.25, 0.3) is 11.0 Å². The van der Waals surface area contributed by atoms with Gasteiger partial charge in [-0.2, -0.15) is 8.42 Å². The zero-order valence-electron chi connectivity index (χ0n) is 26.0. The van der Waals surface area contributed by atoms with Crippen molar-refractivity contribution < 1.29 is 23.1 Å². The van der Waals surface area contributed by atoms with Crippen LogP contribution in [0.2, 0.25) is 0 Å². The topological polar surface area (TPSA) is 143 Å². The van der Waals surface area contributed by atoms with Gasteiger partial charge < -0.3 is 15.2 Å². The molecule has 0 aliphatic carbocycles. The fourth-order valence-corrected chi connectivity index (χ4v) is 9.55. The molecule has 1 atom stereocenters. The normalized spacial score (nSPS) is 20.7. The van der Waals surface area contributed by atoms with Crippen LogP contribution in [-0.2, 0) is 23.1 Å². The van der Waals surface area contributed by atoms with Crippen LogP contribution in [0.15, 0.2) is 80.9 Å². The zero-order chi connectivity index (χ0) is 32.6. The van der Waals surface area contributed by atoms with Gasteiger partial charge in [-0.15, -0.1) is 4.40 Å². The van der Waals surface area contributed by atoms with Gasteiger partial charge in [0.1, 0.15) is 27.6 Å². The molecule has 2 aromatic heterocycles. The lowest BCUT2D eigenvalue weighted by Gasteiger charge is -2.46. The van der Waals surface area contributed by atoms with Crippen LogP contribution < -0.4 is 15.6 Å². The Kier molecular flexibility index (Phi) is 8.66. The molecule has 0 radical (unpaired) electrons. The molecule has 2 aromatic carbocycles. The van der Waals surface area contributed by atoms with Gasteiger partial charge in [0, 0.05) is 31.9 Å². The van der Waals surface area contributed by atoms with E-state index in [4.69, 9.17) is 4.74 Å². The Morgan fingerprint density at radius 1 is 1.09 bits per heavy atom. The highest BCUT2D eigenvalue weighted by molar-refractivity contribution is 8.42. The lowest BCUT2D eigenvalue weighted by Crippen LogP contribution is -2.39. The molecule has 1 fully saturated rings. The molecule has 0 bridgehead atoms. The highest BCUT2D eigenvalue weighted by Crippen LogP contribution is 2.54. The third-order valence-electron chi connectivity index (χ3n) is 8.39. The molecule has 1 unspecified atom stereocenters. The molecule has 0 amide bonds. The maximum absolute atomic E-state index is 13.7. The Balaban J connectivity index is 1.31. The number of pyridine rings is 2. The van der Waals surface area contributed by atoms with Gasteiger partial charge >= 0.3 is 5.30 Å². The smallest absolute Gasteiger partial charge is 0.367 e. The van der Waals surface area contributed by atoms with E-state index in [2.05, 4.69) is 19.0 Å². The molecule has 4 aromatic rings. The quantitative estimate of drug-likeness (QED) is 0.233. The number of ether oxygens (including phenoxy) is 1. The highest BCUT2D eigenvalue weighted by Gasteiger charge is 2.38. The van der Waals surface area contributed by atoms with Gasteiger partial charge in [-0.3, -0.25) is 13.7 Å². The number of fused-ring (bicyclic) bond motifs is 2. The third-order valence-corrected chi connectivity index (χ3v) is 13.0. The first kappa shape index (κ1) is 31.8. The average molecular weight is 664 g/mol. The number of sulfonamides is 1. The molecule has 46 heavy (non-hydrogen) atoms. The first-order valence-corrected chi connectivity index (χ1v) is 18.8. The van der Waals surface area contributed by atoms with Crippen molar-refractivity contribution in [3.05, 3.63) is 88.3 Å². The number of amidine groups is 1. The third kappa shape index (κ3) is 6.02. The lowest BCUT2D eigenvalue weighted by molar-refractivity contribution is 0.223. The summed E-state index contributed by atoms with van der Waals surface area (Å²) in [4.78, 5) is 31.5. The van der Waals surface area contributed by atoms with Crippen molar-refractivity contribution in [3.63, 3.8) is 0 Å². The van der Waals surface area contributed by atoms with Gasteiger partial charge in [-0.05, 0) is 67.0 Å². The SMILES string of the molecule is CC(C)CCn1c(=O)c(C2=NS(=O)(=O)c3cc(OC(=O)S4(C)CCCCN4Cc4ccccc4)ccc3N2)c(O)c2cccnc21. The molecule has 242 valence electrons. The average Bonchev–Trinajstić information content (AvgIpc) is 3.02. The number of carbonyl (C=O) groups is 1. The summed E-state index contributed by atoms with van der Waals surface area (Å²) in [7, 11) is -6.34. The highest BCUT2D eigenvalue weighted by atomic mass is 32.3. The van der Waals surface area contributed by atoms with Gasteiger partial charge in [0.15, 0.2) is 5.84 Å². The molecular weight excluding hydrogens is 627 g/mol. The molecule has 0 saturated carbocycles. The van der Waals surface area contributed by atoms with Crippen LogP contribution in [-0.4, -0.2) is 57.1 Å². The number of carbonyl (C=O) groups excluding carboxylic acids is 1. The second-order valence-electron chi connectivity index (χ2n) is 12.1. The van der Waals surface area contributed by atoms with E-state index in [1.165, 1.54) is 29.0 Å².